The fourth-order valence-corrected chi connectivity index (χ4v) is 2.37. The highest BCUT2D eigenvalue weighted by molar-refractivity contribution is 5.85. The molecule has 2 rings (SSSR count). The highest BCUT2D eigenvalue weighted by Gasteiger charge is 2.23. The maximum absolute atomic E-state index is 6.03. The van der Waals surface area contributed by atoms with Crippen LogP contribution in [0.2, 0.25) is 0 Å². The zero-order chi connectivity index (χ0) is 12.4. The third kappa shape index (κ3) is 3.70. The van der Waals surface area contributed by atoms with E-state index in [-0.39, 0.29) is 12.4 Å². The first kappa shape index (κ1) is 15.5. The zero-order valence-corrected chi connectivity index (χ0v) is 12.4. The van der Waals surface area contributed by atoms with E-state index < -0.39 is 0 Å². The molecule has 0 saturated carbocycles. The van der Waals surface area contributed by atoms with Gasteiger partial charge in [-0.25, -0.2) is 0 Å². The van der Waals surface area contributed by atoms with Crippen molar-refractivity contribution in [2.75, 3.05) is 13.1 Å². The smallest absolute Gasteiger partial charge is 0.0764 e. The number of hydrogen-bond acceptors (Lipinski definition) is 3. The summed E-state index contributed by atoms with van der Waals surface area (Å²) in [6.45, 7) is 9.69. The molecule has 1 saturated heterocycles. The third-order valence-electron chi connectivity index (χ3n) is 3.63. The largest absolute Gasteiger partial charge is 0.327 e. The van der Waals surface area contributed by atoms with Gasteiger partial charge < -0.3 is 5.73 Å². The standard InChI is InChI=1S/C13H24N4.ClH/c1-10(2)17-7-4-12(15-17)9-16-6-5-13(14)11(3)8-16;/h4,7,10-11,13H,5-6,8-9,14H2,1-3H3;1H. The van der Waals surface area contributed by atoms with E-state index in [9.17, 15) is 0 Å². The van der Waals surface area contributed by atoms with Gasteiger partial charge in [0, 0.05) is 37.9 Å². The first-order chi connectivity index (χ1) is 8.06. The Labute approximate surface area is 116 Å². The van der Waals surface area contributed by atoms with Crippen molar-refractivity contribution in [1.29, 1.82) is 0 Å². The number of hydrogen-bond donors (Lipinski definition) is 1. The number of halogens is 1. The number of piperidine rings is 1. The Morgan fingerprint density at radius 1 is 1.50 bits per heavy atom. The highest BCUT2D eigenvalue weighted by Crippen LogP contribution is 2.17. The van der Waals surface area contributed by atoms with Crippen LogP contribution in [-0.4, -0.2) is 33.8 Å². The molecule has 1 aliphatic heterocycles. The van der Waals surface area contributed by atoms with Crippen LogP contribution in [0.1, 0.15) is 38.9 Å². The summed E-state index contributed by atoms with van der Waals surface area (Å²) in [5.74, 6) is 0.593. The summed E-state index contributed by atoms with van der Waals surface area (Å²) in [4.78, 5) is 2.46. The van der Waals surface area contributed by atoms with Crippen molar-refractivity contribution < 1.29 is 0 Å². The Balaban J connectivity index is 0.00000162. The van der Waals surface area contributed by atoms with E-state index in [0.29, 0.717) is 18.0 Å². The molecule has 0 amide bonds. The minimum Gasteiger partial charge on any atom is -0.327 e. The van der Waals surface area contributed by atoms with Crippen molar-refractivity contribution in [3.05, 3.63) is 18.0 Å². The SMILES string of the molecule is CC1CN(Cc2ccn(C(C)C)n2)CCC1N.Cl. The lowest BCUT2D eigenvalue weighted by Crippen LogP contribution is -2.45. The zero-order valence-electron chi connectivity index (χ0n) is 11.5. The second-order valence-corrected chi connectivity index (χ2v) is 5.55. The molecule has 18 heavy (non-hydrogen) atoms. The summed E-state index contributed by atoms with van der Waals surface area (Å²) in [6.07, 6.45) is 3.17. The van der Waals surface area contributed by atoms with Gasteiger partial charge in [0.2, 0.25) is 0 Å². The molecule has 2 unspecified atom stereocenters. The Hall–Kier alpha value is -0.580. The summed E-state index contributed by atoms with van der Waals surface area (Å²) in [5, 5.41) is 4.59. The molecule has 0 aliphatic carbocycles. The van der Waals surface area contributed by atoms with Crippen LogP contribution < -0.4 is 5.73 Å². The maximum Gasteiger partial charge on any atom is 0.0764 e. The Bertz CT molecular complexity index is 364. The molecular weight excluding hydrogens is 248 g/mol. The molecule has 0 aromatic carbocycles. The van der Waals surface area contributed by atoms with Crippen LogP contribution in [0.25, 0.3) is 0 Å². The van der Waals surface area contributed by atoms with Gasteiger partial charge in [-0.1, -0.05) is 6.92 Å². The van der Waals surface area contributed by atoms with Gasteiger partial charge in [0.1, 0.15) is 0 Å². The van der Waals surface area contributed by atoms with Gasteiger partial charge in [-0.05, 0) is 32.3 Å². The summed E-state index contributed by atoms with van der Waals surface area (Å²) in [6, 6.07) is 2.94. The predicted molar refractivity (Wildman–Crippen MR) is 76.9 cm³/mol. The van der Waals surface area contributed by atoms with Crippen molar-refractivity contribution in [1.82, 2.24) is 14.7 Å². The number of nitrogens with two attached hydrogens (primary N) is 1. The number of rotatable bonds is 3. The molecule has 5 heteroatoms. The molecule has 104 valence electrons. The minimum absolute atomic E-state index is 0. The number of likely N-dealkylation sites (tertiary alicyclic amines) is 1. The second-order valence-electron chi connectivity index (χ2n) is 5.55. The van der Waals surface area contributed by atoms with Gasteiger partial charge in [0.05, 0.1) is 5.69 Å². The lowest BCUT2D eigenvalue weighted by Gasteiger charge is -2.34. The maximum atomic E-state index is 6.03. The molecule has 0 bridgehead atoms. The normalized spacial score (nSPS) is 25.2. The van der Waals surface area contributed by atoms with Crippen molar-refractivity contribution in [2.45, 2.75) is 45.8 Å². The molecule has 2 N–H and O–H groups in total. The van der Waals surface area contributed by atoms with Crippen LogP contribution >= 0.6 is 12.4 Å². The van der Waals surface area contributed by atoms with E-state index in [4.69, 9.17) is 5.73 Å². The van der Waals surface area contributed by atoms with Crippen molar-refractivity contribution in [2.24, 2.45) is 11.7 Å². The lowest BCUT2D eigenvalue weighted by molar-refractivity contribution is 0.156. The number of aromatic nitrogens is 2. The molecule has 1 fully saturated rings. The molecule has 1 aliphatic rings. The van der Waals surface area contributed by atoms with Crippen molar-refractivity contribution in [3.8, 4) is 0 Å². The number of nitrogens with zero attached hydrogens (tertiary/aromatic N) is 3. The Morgan fingerprint density at radius 3 is 2.78 bits per heavy atom. The van der Waals surface area contributed by atoms with E-state index in [1.807, 2.05) is 4.68 Å². The topological polar surface area (TPSA) is 47.1 Å². The fraction of sp³-hybridized carbons (Fsp3) is 0.769. The van der Waals surface area contributed by atoms with Gasteiger partial charge in [-0.15, -0.1) is 12.4 Å². The van der Waals surface area contributed by atoms with Crippen LogP contribution in [0.4, 0.5) is 0 Å². The van der Waals surface area contributed by atoms with E-state index >= 15 is 0 Å². The quantitative estimate of drug-likeness (QED) is 0.916. The first-order valence-electron chi connectivity index (χ1n) is 6.58. The predicted octanol–water partition coefficient (Wildman–Crippen LogP) is 2.05. The second kappa shape index (κ2) is 6.55. The monoisotopic (exact) mass is 272 g/mol. The van der Waals surface area contributed by atoms with Crippen LogP contribution in [0, 0.1) is 5.92 Å². The Morgan fingerprint density at radius 2 is 2.22 bits per heavy atom. The molecular formula is C13H25ClN4. The van der Waals surface area contributed by atoms with Gasteiger partial charge in [0.25, 0.3) is 0 Å². The van der Waals surface area contributed by atoms with Crippen molar-refractivity contribution in [3.63, 3.8) is 0 Å². The third-order valence-corrected chi connectivity index (χ3v) is 3.63. The van der Waals surface area contributed by atoms with Gasteiger partial charge in [-0.3, -0.25) is 9.58 Å². The fourth-order valence-electron chi connectivity index (χ4n) is 2.37. The van der Waals surface area contributed by atoms with Crippen LogP contribution in [0.5, 0.6) is 0 Å². The van der Waals surface area contributed by atoms with Crippen molar-refractivity contribution >= 4 is 12.4 Å². The molecule has 1 aromatic rings. The van der Waals surface area contributed by atoms with Gasteiger partial charge in [0.15, 0.2) is 0 Å². The Kier molecular flexibility index (Phi) is 5.63. The van der Waals surface area contributed by atoms with E-state index in [0.717, 1.165) is 26.1 Å². The molecule has 2 heterocycles. The average Bonchev–Trinajstić information content (AvgIpc) is 2.72. The summed E-state index contributed by atoms with van der Waals surface area (Å²) < 4.78 is 2.02. The average molecular weight is 273 g/mol. The van der Waals surface area contributed by atoms with Gasteiger partial charge in [-0.2, -0.15) is 5.10 Å². The molecule has 4 nitrogen and oxygen atoms in total. The van der Waals surface area contributed by atoms with Gasteiger partial charge >= 0.3 is 0 Å². The molecule has 0 spiro atoms. The van der Waals surface area contributed by atoms with Crippen LogP contribution in [0.3, 0.4) is 0 Å². The summed E-state index contributed by atoms with van der Waals surface area (Å²) >= 11 is 0. The van der Waals surface area contributed by atoms with E-state index in [1.165, 1.54) is 5.69 Å². The molecule has 0 radical (unpaired) electrons. The lowest BCUT2D eigenvalue weighted by atomic mass is 9.95. The van der Waals surface area contributed by atoms with Crippen LogP contribution in [-0.2, 0) is 6.54 Å². The molecule has 2 atom stereocenters. The van der Waals surface area contributed by atoms with E-state index in [2.05, 4.69) is 43.0 Å². The van der Waals surface area contributed by atoms with E-state index in [1.54, 1.807) is 0 Å². The highest BCUT2D eigenvalue weighted by atomic mass is 35.5. The first-order valence-corrected chi connectivity index (χ1v) is 6.58. The minimum atomic E-state index is 0. The summed E-state index contributed by atoms with van der Waals surface area (Å²) in [5.41, 5.74) is 7.20. The molecule has 1 aromatic heterocycles. The summed E-state index contributed by atoms with van der Waals surface area (Å²) in [7, 11) is 0. The van der Waals surface area contributed by atoms with Crippen LogP contribution in [0.15, 0.2) is 12.3 Å².